The van der Waals surface area contributed by atoms with Crippen LogP contribution in [-0.4, -0.2) is 49.5 Å². The van der Waals surface area contributed by atoms with Crippen molar-refractivity contribution in [3.63, 3.8) is 0 Å². The van der Waals surface area contributed by atoms with Crippen molar-refractivity contribution in [2.75, 3.05) is 19.8 Å². The van der Waals surface area contributed by atoms with Crippen LogP contribution in [0.5, 0.6) is 0 Å². The number of nitrogens with zero attached hydrogens (tertiary/aromatic N) is 3. The SMILES string of the molecule is CCOP(=O)(O)c1cccc(C)n1.CCOP(=O)(O)c1cccc(C)n1.CCOP(=O)(O)c1cccc(C)n1.[Ti]. The first kappa shape index (κ1) is 38.6. The third kappa shape index (κ3) is 13.5. The Morgan fingerprint density at radius 1 is 0.550 bits per heavy atom. The first-order valence-electron chi connectivity index (χ1n) is 11.9. The van der Waals surface area contributed by atoms with Crippen molar-refractivity contribution in [2.45, 2.75) is 41.5 Å². The van der Waals surface area contributed by atoms with Gasteiger partial charge in [-0.15, -0.1) is 0 Å². The molecular weight excluding hydrogens is 615 g/mol. The molecule has 0 amide bonds. The van der Waals surface area contributed by atoms with Crippen LogP contribution in [-0.2, 0) is 49.0 Å². The number of hydrogen-bond acceptors (Lipinski definition) is 9. The summed E-state index contributed by atoms with van der Waals surface area (Å²) in [5.74, 6) is 0. The molecular formula is C24H36N3O9P3Ti. The maximum absolute atomic E-state index is 11.4. The Morgan fingerprint density at radius 2 is 0.775 bits per heavy atom. The van der Waals surface area contributed by atoms with E-state index in [1.54, 1.807) is 77.9 Å². The van der Waals surface area contributed by atoms with Crippen LogP contribution in [0.2, 0.25) is 0 Å². The smallest absolute Gasteiger partial charge is 0.320 e. The van der Waals surface area contributed by atoms with Gasteiger partial charge >= 0.3 is 22.8 Å². The number of aromatic nitrogens is 3. The second-order valence-corrected chi connectivity index (χ2v) is 13.0. The zero-order valence-electron chi connectivity index (χ0n) is 23.3. The predicted octanol–water partition coefficient (Wildman–Crippen LogP) is 3.71. The molecule has 0 saturated carbocycles. The number of hydrogen-bond donors (Lipinski definition) is 3. The van der Waals surface area contributed by atoms with Crippen molar-refractivity contribution < 1.29 is 63.7 Å². The van der Waals surface area contributed by atoms with Crippen LogP contribution < -0.4 is 16.3 Å². The van der Waals surface area contributed by atoms with Crippen molar-refractivity contribution in [2.24, 2.45) is 0 Å². The maximum Gasteiger partial charge on any atom is 0.376 e. The first-order valence-corrected chi connectivity index (χ1v) is 16.7. The molecule has 3 heterocycles. The molecule has 0 aliphatic rings. The Morgan fingerprint density at radius 3 is 0.950 bits per heavy atom. The predicted molar refractivity (Wildman–Crippen MR) is 150 cm³/mol. The van der Waals surface area contributed by atoms with Gasteiger partial charge < -0.3 is 28.3 Å². The van der Waals surface area contributed by atoms with Crippen LogP contribution >= 0.6 is 22.8 Å². The van der Waals surface area contributed by atoms with Gasteiger partial charge in [-0.2, -0.15) is 0 Å². The first-order chi connectivity index (χ1) is 18.2. The van der Waals surface area contributed by atoms with E-state index in [0.29, 0.717) is 17.1 Å². The average Bonchev–Trinajstić information content (AvgIpc) is 2.85. The Balaban J connectivity index is 0.000000563. The van der Waals surface area contributed by atoms with E-state index in [-0.39, 0.29) is 57.8 Å². The molecule has 0 bridgehead atoms. The van der Waals surface area contributed by atoms with Crippen LogP contribution in [0.3, 0.4) is 0 Å². The second-order valence-electron chi connectivity index (χ2n) is 7.73. The molecule has 3 atom stereocenters. The van der Waals surface area contributed by atoms with Crippen molar-refractivity contribution in [3.8, 4) is 0 Å². The normalized spacial score (nSPS) is 14.9. The van der Waals surface area contributed by atoms with E-state index in [1.807, 2.05) is 0 Å². The van der Waals surface area contributed by atoms with Gasteiger partial charge in [-0.05, 0) is 77.9 Å². The summed E-state index contributed by atoms with van der Waals surface area (Å²) >= 11 is 0. The minimum absolute atomic E-state index is 0. The van der Waals surface area contributed by atoms with Gasteiger partial charge in [0.25, 0.3) is 0 Å². The molecule has 0 aliphatic heterocycles. The van der Waals surface area contributed by atoms with Crippen molar-refractivity contribution in [3.05, 3.63) is 71.7 Å². The molecule has 0 radical (unpaired) electrons. The number of aryl methyl sites for hydroxylation is 3. The summed E-state index contributed by atoms with van der Waals surface area (Å²) in [7, 11) is -11.0. The van der Waals surface area contributed by atoms with Gasteiger partial charge in [-0.1, -0.05) is 18.2 Å². The third-order valence-corrected chi connectivity index (χ3v) is 8.71. The van der Waals surface area contributed by atoms with Crippen LogP contribution in [0.25, 0.3) is 0 Å². The summed E-state index contributed by atoms with van der Waals surface area (Å²) < 4.78 is 48.5. The largest absolute Gasteiger partial charge is 0.376 e. The molecule has 12 nitrogen and oxygen atoms in total. The van der Waals surface area contributed by atoms with E-state index >= 15 is 0 Å². The summed E-state index contributed by atoms with van der Waals surface area (Å²) in [6.45, 7) is 10.9. The van der Waals surface area contributed by atoms with E-state index in [1.165, 1.54) is 18.2 Å². The summed E-state index contributed by atoms with van der Waals surface area (Å²) in [6, 6.07) is 14.8. The Bertz CT molecular complexity index is 1190. The Hall–Kier alpha value is -1.39. The maximum atomic E-state index is 11.4. The quantitative estimate of drug-likeness (QED) is 0.226. The van der Waals surface area contributed by atoms with Gasteiger partial charge in [-0.25, -0.2) is 15.0 Å². The minimum atomic E-state index is -3.68. The summed E-state index contributed by atoms with van der Waals surface area (Å²) in [5.41, 5.74) is 2.42. The minimum Gasteiger partial charge on any atom is -0.320 e. The Labute approximate surface area is 250 Å². The monoisotopic (exact) mass is 651 g/mol. The molecule has 0 fully saturated rings. The summed E-state index contributed by atoms with van der Waals surface area (Å²) in [4.78, 5) is 39.9. The van der Waals surface area contributed by atoms with Crippen LogP contribution in [0.1, 0.15) is 37.9 Å². The zero-order valence-corrected chi connectivity index (χ0v) is 27.5. The fourth-order valence-corrected chi connectivity index (χ4v) is 5.90. The van der Waals surface area contributed by atoms with Crippen molar-refractivity contribution in [1.29, 1.82) is 0 Å². The standard InChI is InChI=1S/3C8H12NO3P.Ti/c3*1-3-12-13(10,11)8-6-4-5-7(2)9-8;/h3*4-6H,3H2,1-2H3,(H,10,11);. The van der Waals surface area contributed by atoms with E-state index in [0.717, 1.165) is 0 Å². The molecule has 3 N–H and O–H groups in total. The molecule has 220 valence electrons. The van der Waals surface area contributed by atoms with Crippen LogP contribution in [0, 0.1) is 20.8 Å². The molecule has 0 saturated heterocycles. The van der Waals surface area contributed by atoms with E-state index < -0.39 is 22.8 Å². The molecule has 3 rings (SSSR count). The molecule has 0 aliphatic carbocycles. The van der Waals surface area contributed by atoms with Gasteiger partial charge in [0.15, 0.2) is 16.3 Å². The fourth-order valence-electron chi connectivity index (χ4n) is 2.78. The number of rotatable bonds is 9. The van der Waals surface area contributed by atoms with Gasteiger partial charge in [0.05, 0.1) is 19.8 Å². The second kappa shape index (κ2) is 18.2. The van der Waals surface area contributed by atoms with Crippen LogP contribution in [0.15, 0.2) is 54.6 Å². The Kier molecular flexibility index (Phi) is 17.6. The number of pyridine rings is 3. The van der Waals surface area contributed by atoms with Gasteiger partial charge in [0, 0.05) is 38.8 Å². The van der Waals surface area contributed by atoms with E-state index in [4.69, 9.17) is 13.6 Å². The summed E-state index contributed by atoms with van der Waals surface area (Å²) in [5, 5.41) is 0. The van der Waals surface area contributed by atoms with Crippen LogP contribution in [0.4, 0.5) is 0 Å². The fraction of sp³-hybridized carbons (Fsp3) is 0.375. The molecule has 3 unspecified atom stereocenters. The van der Waals surface area contributed by atoms with Gasteiger partial charge in [0.1, 0.15) is 0 Å². The van der Waals surface area contributed by atoms with Gasteiger partial charge in [-0.3, -0.25) is 13.7 Å². The molecule has 3 aromatic rings. The topological polar surface area (TPSA) is 178 Å². The third-order valence-electron chi connectivity index (χ3n) is 4.40. The average molecular weight is 651 g/mol. The molecule has 40 heavy (non-hydrogen) atoms. The molecule has 0 aromatic carbocycles. The van der Waals surface area contributed by atoms with E-state index in [2.05, 4.69) is 15.0 Å². The van der Waals surface area contributed by atoms with Crippen molar-refractivity contribution in [1.82, 2.24) is 15.0 Å². The van der Waals surface area contributed by atoms with Gasteiger partial charge in [0.2, 0.25) is 0 Å². The summed E-state index contributed by atoms with van der Waals surface area (Å²) in [6.07, 6.45) is 0. The van der Waals surface area contributed by atoms with E-state index in [9.17, 15) is 28.4 Å². The molecule has 0 spiro atoms. The molecule has 3 aromatic heterocycles. The van der Waals surface area contributed by atoms with Crippen molar-refractivity contribution >= 4 is 39.1 Å². The zero-order chi connectivity index (χ0) is 29.7. The molecule has 16 heteroatoms.